The van der Waals surface area contributed by atoms with Gasteiger partial charge in [-0.3, -0.25) is 4.79 Å². The second-order valence-electron chi connectivity index (χ2n) is 10.4. The quantitative estimate of drug-likeness (QED) is 0.396. The molecule has 0 atom stereocenters. The molecule has 36 heavy (non-hydrogen) atoms. The minimum atomic E-state index is -0.497. The van der Waals surface area contributed by atoms with E-state index in [1.807, 2.05) is 51.1 Å². The van der Waals surface area contributed by atoms with Crippen molar-refractivity contribution in [2.24, 2.45) is 0 Å². The summed E-state index contributed by atoms with van der Waals surface area (Å²) in [5.41, 5.74) is 3.72. The highest BCUT2D eigenvalue weighted by atomic mass is 16.6. The normalized spacial score (nSPS) is 11.5. The van der Waals surface area contributed by atoms with Crippen molar-refractivity contribution >= 4 is 22.8 Å². The summed E-state index contributed by atoms with van der Waals surface area (Å²) in [4.78, 5) is 26.6. The van der Waals surface area contributed by atoms with Crippen molar-refractivity contribution < 1.29 is 14.3 Å². The molecule has 0 fully saturated rings. The van der Waals surface area contributed by atoms with Crippen molar-refractivity contribution in [1.82, 2.24) is 15.5 Å². The van der Waals surface area contributed by atoms with E-state index < -0.39 is 11.7 Å². The summed E-state index contributed by atoms with van der Waals surface area (Å²) < 4.78 is 5.26. The second kappa shape index (κ2) is 12.5. The Balaban J connectivity index is 1.33. The Labute approximate surface area is 215 Å². The van der Waals surface area contributed by atoms with Gasteiger partial charge in [0, 0.05) is 25.2 Å². The van der Waals surface area contributed by atoms with Crippen molar-refractivity contribution in [3.8, 4) is 0 Å². The Morgan fingerprint density at radius 1 is 0.861 bits per heavy atom. The molecule has 0 aliphatic rings. The Morgan fingerprint density at radius 2 is 1.53 bits per heavy atom. The van der Waals surface area contributed by atoms with Crippen LogP contribution in [0.3, 0.4) is 0 Å². The lowest BCUT2D eigenvalue weighted by Crippen LogP contribution is -2.33. The summed E-state index contributed by atoms with van der Waals surface area (Å²) in [6.45, 7) is 10.4. The van der Waals surface area contributed by atoms with Gasteiger partial charge in [-0.1, -0.05) is 54.1 Å². The molecule has 6 heteroatoms. The van der Waals surface area contributed by atoms with Crippen LogP contribution >= 0.6 is 0 Å². The predicted octanol–water partition coefficient (Wildman–Crippen LogP) is 5.47. The van der Waals surface area contributed by atoms with Gasteiger partial charge in [0.05, 0.1) is 0 Å². The predicted molar refractivity (Wildman–Crippen MR) is 146 cm³/mol. The third-order valence-corrected chi connectivity index (χ3v) is 5.90. The van der Waals surface area contributed by atoms with Crippen LogP contribution in [0.2, 0.25) is 0 Å². The SMILES string of the molecule is Cc1ccc2cc(C(=O)NCCN(C)CCCc3ccc(CNC(=O)OC(C)(C)C)cc3)ccc2c1. The van der Waals surface area contributed by atoms with Crippen LogP contribution in [-0.2, 0) is 17.7 Å². The van der Waals surface area contributed by atoms with Crippen molar-refractivity contribution in [2.45, 2.75) is 52.7 Å². The van der Waals surface area contributed by atoms with Crippen molar-refractivity contribution in [3.05, 3.63) is 82.9 Å². The summed E-state index contributed by atoms with van der Waals surface area (Å²) in [5.74, 6) is -0.0351. The number of likely N-dealkylation sites (N-methyl/N-ethyl adjacent to an activating group) is 1. The van der Waals surface area contributed by atoms with E-state index in [1.165, 1.54) is 11.1 Å². The lowest BCUT2D eigenvalue weighted by molar-refractivity contribution is 0.0523. The van der Waals surface area contributed by atoms with Crippen LogP contribution < -0.4 is 10.6 Å². The number of carbonyl (C=O) groups is 2. The first kappa shape index (κ1) is 27.2. The Hall–Kier alpha value is -3.38. The van der Waals surface area contributed by atoms with E-state index in [0.717, 1.165) is 42.3 Å². The smallest absolute Gasteiger partial charge is 0.407 e. The number of amides is 2. The van der Waals surface area contributed by atoms with Gasteiger partial charge in [-0.2, -0.15) is 0 Å². The number of carbonyl (C=O) groups excluding carboxylic acids is 2. The number of ether oxygens (including phenoxy) is 1. The molecule has 3 rings (SSSR count). The minimum absolute atomic E-state index is 0.0351. The monoisotopic (exact) mass is 489 g/mol. The van der Waals surface area contributed by atoms with E-state index in [1.54, 1.807) is 0 Å². The molecular formula is C30H39N3O3. The van der Waals surface area contributed by atoms with Crippen molar-refractivity contribution in [1.29, 1.82) is 0 Å². The zero-order chi connectivity index (χ0) is 26.1. The largest absolute Gasteiger partial charge is 0.444 e. The van der Waals surface area contributed by atoms with Gasteiger partial charge >= 0.3 is 6.09 Å². The van der Waals surface area contributed by atoms with Crippen LogP contribution in [0, 0.1) is 6.92 Å². The maximum Gasteiger partial charge on any atom is 0.407 e. The lowest BCUT2D eigenvalue weighted by Gasteiger charge is -2.19. The number of nitrogens with zero attached hydrogens (tertiary/aromatic N) is 1. The van der Waals surface area contributed by atoms with Gasteiger partial charge in [0.15, 0.2) is 0 Å². The Morgan fingerprint density at radius 3 is 2.25 bits per heavy atom. The van der Waals surface area contributed by atoms with E-state index in [-0.39, 0.29) is 5.91 Å². The van der Waals surface area contributed by atoms with Crippen molar-refractivity contribution in [3.63, 3.8) is 0 Å². The highest BCUT2D eigenvalue weighted by Crippen LogP contribution is 2.17. The summed E-state index contributed by atoms with van der Waals surface area (Å²) in [6.07, 6.45) is 1.61. The molecule has 2 N–H and O–H groups in total. The third-order valence-electron chi connectivity index (χ3n) is 5.90. The molecule has 0 aliphatic heterocycles. The van der Waals surface area contributed by atoms with Crippen molar-refractivity contribution in [2.75, 3.05) is 26.7 Å². The molecule has 3 aromatic carbocycles. The highest BCUT2D eigenvalue weighted by Gasteiger charge is 2.15. The second-order valence-corrected chi connectivity index (χ2v) is 10.4. The van der Waals surface area contributed by atoms with Crippen LogP contribution in [0.5, 0.6) is 0 Å². The Bertz CT molecular complexity index is 1170. The molecule has 2 amide bonds. The lowest BCUT2D eigenvalue weighted by atomic mass is 10.0. The molecular weight excluding hydrogens is 450 g/mol. The maximum absolute atomic E-state index is 12.5. The molecule has 6 nitrogen and oxygen atoms in total. The van der Waals surface area contributed by atoms with E-state index >= 15 is 0 Å². The van der Waals surface area contributed by atoms with Gasteiger partial charge in [-0.05, 0) is 88.2 Å². The standard InChI is InChI=1S/C30H39N3O3/c1-22-8-13-26-20-27(15-14-25(26)19-22)28(34)31-16-18-33(5)17-6-7-23-9-11-24(12-10-23)21-32-29(35)36-30(2,3)4/h8-15,19-20H,6-7,16-18,21H2,1-5H3,(H,31,34)(H,32,35). The molecule has 0 saturated carbocycles. The van der Waals surface area contributed by atoms with Gasteiger partial charge in [0.25, 0.3) is 5.91 Å². The first-order chi connectivity index (χ1) is 17.1. The van der Waals surface area contributed by atoms with Gasteiger partial charge in [-0.25, -0.2) is 4.79 Å². The van der Waals surface area contributed by atoms with Gasteiger partial charge in [-0.15, -0.1) is 0 Å². The first-order valence-corrected chi connectivity index (χ1v) is 12.6. The topological polar surface area (TPSA) is 70.7 Å². The van der Waals surface area contributed by atoms with Crippen LogP contribution in [-0.4, -0.2) is 49.2 Å². The number of rotatable bonds is 10. The van der Waals surface area contributed by atoms with E-state index in [4.69, 9.17) is 4.74 Å². The summed E-state index contributed by atoms with van der Waals surface area (Å²) in [6, 6.07) is 20.4. The Kier molecular flexibility index (Phi) is 9.48. The minimum Gasteiger partial charge on any atom is -0.444 e. The average molecular weight is 490 g/mol. The number of benzene rings is 3. The number of hydrogen-bond acceptors (Lipinski definition) is 4. The molecule has 0 bridgehead atoms. The van der Waals surface area contributed by atoms with Crippen LogP contribution in [0.1, 0.15) is 54.2 Å². The average Bonchev–Trinajstić information content (AvgIpc) is 2.82. The summed E-state index contributed by atoms with van der Waals surface area (Å²) in [7, 11) is 2.08. The molecule has 0 unspecified atom stereocenters. The molecule has 0 heterocycles. The summed E-state index contributed by atoms with van der Waals surface area (Å²) >= 11 is 0. The fraction of sp³-hybridized carbons (Fsp3) is 0.400. The molecule has 0 radical (unpaired) electrons. The zero-order valence-corrected chi connectivity index (χ0v) is 22.2. The maximum atomic E-state index is 12.5. The van der Waals surface area contributed by atoms with Gasteiger partial charge in [0.1, 0.15) is 5.60 Å². The number of hydrogen-bond donors (Lipinski definition) is 2. The molecule has 0 spiro atoms. The molecule has 3 aromatic rings. The molecule has 0 aliphatic carbocycles. The fourth-order valence-electron chi connectivity index (χ4n) is 3.95. The first-order valence-electron chi connectivity index (χ1n) is 12.6. The third kappa shape index (κ3) is 9.00. The van der Waals surface area contributed by atoms with E-state index in [2.05, 4.69) is 59.8 Å². The highest BCUT2D eigenvalue weighted by molar-refractivity contribution is 5.98. The number of nitrogens with one attached hydrogen (secondary N) is 2. The number of fused-ring (bicyclic) bond motifs is 1. The number of alkyl carbamates (subject to hydrolysis) is 1. The van der Waals surface area contributed by atoms with Crippen LogP contribution in [0.15, 0.2) is 60.7 Å². The molecule has 192 valence electrons. The van der Waals surface area contributed by atoms with Gasteiger partial charge < -0.3 is 20.3 Å². The zero-order valence-electron chi connectivity index (χ0n) is 22.2. The van der Waals surface area contributed by atoms with Crippen LogP contribution in [0.25, 0.3) is 10.8 Å². The van der Waals surface area contributed by atoms with Crippen LogP contribution in [0.4, 0.5) is 4.79 Å². The van der Waals surface area contributed by atoms with E-state index in [9.17, 15) is 9.59 Å². The number of aryl methyl sites for hydroxylation is 2. The van der Waals surface area contributed by atoms with Gasteiger partial charge in [0.2, 0.25) is 0 Å². The molecule has 0 aromatic heterocycles. The summed E-state index contributed by atoms with van der Waals surface area (Å²) in [5, 5.41) is 8.05. The fourth-order valence-corrected chi connectivity index (χ4v) is 3.95. The molecule has 0 saturated heterocycles. The van der Waals surface area contributed by atoms with E-state index in [0.29, 0.717) is 18.7 Å².